The van der Waals surface area contributed by atoms with Gasteiger partial charge in [-0.1, -0.05) is 6.92 Å². The van der Waals surface area contributed by atoms with Crippen molar-refractivity contribution in [2.24, 2.45) is 17.8 Å². The number of rotatable bonds is 3. The molecule has 4 saturated carbocycles. The fourth-order valence-corrected chi connectivity index (χ4v) is 4.73. The molecule has 4 aliphatic rings. The molecular formula is C13H25ClN2. The van der Waals surface area contributed by atoms with Crippen LogP contribution in [0.5, 0.6) is 0 Å². The average Bonchev–Trinajstić information content (AvgIpc) is 2.14. The minimum atomic E-state index is 0. The normalized spacial score (nSPS) is 44.8. The maximum Gasteiger partial charge on any atom is 0.0334 e. The lowest BCUT2D eigenvalue weighted by atomic mass is 9.53. The third kappa shape index (κ3) is 2.12. The van der Waals surface area contributed by atoms with Crippen LogP contribution in [0.25, 0.3) is 0 Å². The van der Waals surface area contributed by atoms with E-state index in [0.717, 1.165) is 24.3 Å². The molecule has 0 aromatic rings. The monoisotopic (exact) mass is 244 g/mol. The first-order valence-corrected chi connectivity index (χ1v) is 6.68. The van der Waals surface area contributed by atoms with Crippen LogP contribution in [0.15, 0.2) is 0 Å². The van der Waals surface area contributed by atoms with Gasteiger partial charge in [0, 0.05) is 19.1 Å². The van der Waals surface area contributed by atoms with Gasteiger partial charge < -0.3 is 0 Å². The third-order valence-corrected chi connectivity index (χ3v) is 4.94. The first-order chi connectivity index (χ1) is 7.19. The van der Waals surface area contributed by atoms with Crippen molar-refractivity contribution in [3.8, 4) is 0 Å². The molecule has 0 spiro atoms. The molecule has 1 N–H and O–H groups in total. The predicted octanol–water partition coefficient (Wildman–Crippen LogP) is 2.83. The van der Waals surface area contributed by atoms with Gasteiger partial charge in [-0.05, 0) is 56.3 Å². The molecule has 4 fully saturated rings. The highest BCUT2D eigenvalue weighted by Gasteiger charge is 2.51. The zero-order valence-corrected chi connectivity index (χ0v) is 11.4. The van der Waals surface area contributed by atoms with E-state index in [9.17, 15) is 0 Å². The second-order valence-corrected chi connectivity index (χ2v) is 6.32. The summed E-state index contributed by atoms with van der Waals surface area (Å²) in [5.74, 6) is 3.15. The molecule has 0 amide bonds. The number of halogens is 1. The van der Waals surface area contributed by atoms with Crippen LogP contribution in [-0.2, 0) is 0 Å². The molecule has 94 valence electrons. The molecule has 16 heavy (non-hydrogen) atoms. The summed E-state index contributed by atoms with van der Waals surface area (Å²) in [6, 6.07) is 0. The standard InChI is InChI=1S/C13H24N2.ClH/c1-3-15(2)14-13-7-10-4-11(8-13)6-12(5-10)9-13;/h10-12,14H,3-9H2,1-2H3;1H. The Hall–Kier alpha value is 0.210. The van der Waals surface area contributed by atoms with Crippen LogP contribution >= 0.6 is 12.4 Å². The molecule has 0 atom stereocenters. The number of hydrazine groups is 1. The van der Waals surface area contributed by atoms with Gasteiger partial charge in [0.2, 0.25) is 0 Å². The molecule has 0 aliphatic heterocycles. The van der Waals surface area contributed by atoms with Crippen LogP contribution in [0.3, 0.4) is 0 Å². The summed E-state index contributed by atoms with van der Waals surface area (Å²) in [5, 5.41) is 2.30. The van der Waals surface area contributed by atoms with Crippen molar-refractivity contribution in [3.05, 3.63) is 0 Å². The fourth-order valence-electron chi connectivity index (χ4n) is 4.73. The van der Waals surface area contributed by atoms with Gasteiger partial charge in [0.1, 0.15) is 0 Å². The topological polar surface area (TPSA) is 15.3 Å². The molecular weight excluding hydrogens is 220 g/mol. The number of nitrogens with zero attached hydrogens (tertiary/aromatic N) is 1. The molecule has 0 saturated heterocycles. The maximum atomic E-state index is 3.81. The molecule has 0 aromatic carbocycles. The second kappa shape index (κ2) is 4.47. The van der Waals surface area contributed by atoms with E-state index in [1.165, 1.54) is 38.5 Å². The predicted molar refractivity (Wildman–Crippen MR) is 69.6 cm³/mol. The molecule has 0 heterocycles. The highest BCUT2D eigenvalue weighted by atomic mass is 35.5. The molecule has 4 rings (SSSR count). The Balaban J connectivity index is 0.000000963. The van der Waals surface area contributed by atoms with Crippen molar-refractivity contribution in [2.75, 3.05) is 13.6 Å². The summed E-state index contributed by atoms with van der Waals surface area (Å²) >= 11 is 0. The molecule has 2 nitrogen and oxygen atoms in total. The zero-order chi connectivity index (χ0) is 10.5. The summed E-state index contributed by atoms with van der Waals surface area (Å²) in [5.41, 5.74) is 4.31. The highest BCUT2D eigenvalue weighted by Crippen LogP contribution is 2.55. The molecule has 0 unspecified atom stereocenters. The van der Waals surface area contributed by atoms with Gasteiger partial charge in [-0.15, -0.1) is 12.4 Å². The molecule has 3 heteroatoms. The van der Waals surface area contributed by atoms with Gasteiger partial charge in [-0.2, -0.15) is 0 Å². The Morgan fingerprint density at radius 2 is 1.50 bits per heavy atom. The first kappa shape index (κ1) is 12.7. The molecule has 0 radical (unpaired) electrons. The first-order valence-electron chi connectivity index (χ1n) is 6.68. The summed E-state index contributed by atoms with van der Waals surface area (Å²) in [4.78, 5) is 0. The Labute approximate surface area is 106 Å². The van der Waals surface area contributed by atoms with E-state index in [2.05, 4.69) is 24.4 Å². The fraction of sp³-hybridized carbons (Fsp3) is 1.00. The van der Waals surface area contributed by atoms with E-state index >= 15 is 0 Å². The van der Waals surface area contributed by atoms with E-state index in [1.807, 2.05) is 0 Å². The maximum absolute atomic E-state index is 3.81. The van der Waals surface area contributed by atoms with Crippen LogP contribution < -0.4 is 5.43 Å². The largest absolute Gasteiger partial charge is 0.249 e. The van der Waals surface area contributed by atoms with Crippen molar-refractivity contribution in [3.63, 3.8) is 0 Å². The lowest BCUT2D eigenvalue weighted by molar-refractivity contribution is -0.0523. The third-order valence-electron chi connectivity index (χ3n) is 4.94. The van der Waals surface area contributed by atoms with Gasteiger partial charge >= 0.3 is 0 Å². The van der Waals surface area contributed by atoms with Crippen molar-refractivity contribution in [1.29, 1.82) is 0 Å². The van der Waals surface area contributed by atoms with Crippen molar-refractivity contribution in [1.82, 2.24) is 10.4 Å². The summed E-state index contributed by atoms with van der Waals surface area (Å²) in [6.45, 7) is 3.34. The van der Waals surface area contributed by atoms with Gasteiger partial charge in [0.25, 0.3) is 0 Å². The lowest BCUT2D eigenvalue weighted by Crippen LogP contribution is -2.62. The van der Waals surface area contributed by atoms with Crippen molar-refractivity contribution >= 4 is 12.4 Å². The van der Waals surface area contributed by atoms with Crippen LogP contribution in [0.2, 0.25) is 0 Å². The van der Waals surface area contributed by atoms with Crippen LogP contribution in [0, 0.1) is 17.8 Å². The number of hydrogen-bond acceptors (Lipinski definition) is 2. The van der Waals surface area contributed by atoms with E-state index in [1.54, 1.807) is 0 Å². The quantitative estimate of drug-likeness (QED) is 0.769. The Bertz CT molecular complexity index is 219. The van der Waals surface area contributed by atoms with E-state index < -0.39 is 0 Å². The van der Waals surface area contributed by atoms with E-state index in [-0.39, 0.29) is 12.4 Å². The van der Waals surface area contributed by atoms with Gasteiger partial charge in [0.05, 0.1) is 0 Å². The SMILES string of the molecule is CCN(C)NC12CC3CC(CC(C3)C1)C2.Cl. The van der Waals surface area contributed by atoms with Crippen molar-refractivity contribution in [2.45, 2.75) is 51.0 Å². The Morgan fingerprint density at radius 3 is 1.88 bits per heavy atom. The minimum absolute atomic E-state index is 0. The van der Waals surface area contributed by atoms with Gasteiger partial charge in [-0.25, -0.2) is 10.4 Å². The van der Waals surface area contributed by atoms with Gasteiger partial charge in [-0.3, -0.25) is 0 Å². The number of hydrogen-bond donors (Lipinski definition) is 1. The lowest BCUT2D eigenvalue weighted by Gasteiger charge is -2.57. The zero-order valence-electron chi connectivity index (χ0n) is 10.5. The minimum Gasteiger partial charge on any atom is -0.249 e. The average molecular weight is 245 g/mol. The summed E-state index contributed by atoms with van der Waals surface area (Å²) in [6.07, 6.45) is 8.96. The molecule has 0 aromatic heterocycles. The molecule has 4 aliphatic carbocycles. The van der Waals surface area contributed by atoms with E-state index in [4.69, 9.17) is 0 Å². The summed E-state index contributed by atoms with van der Waals surface area (Å²) in [7, 11) is 2.19. The smallest absolute Gasteiger partial charge is 0.0334 e. The number of nitrogens with one attached hydrogen (secondary N) is 1. The Morgan fingerprint density at radius 1 is 1.06 bits per heavy atom. The van der Waals surface area contributed by atoms with Gasteiger partial charge in [0.15, 0.2) is 0 Å². The van der Waals surface area contributed by atoms with Crippen LogP contribution in [-0.4, -0.2) is 24.1 Å². The second-order valence-electron chi connectivity index (χ2n) is 6.32. The van der Waals surface area contributed by atoms with Crippen molar-refractivity contribution < 1.29 is 0 Å². The highest BCUT2D eigenvalue weighted by molar-refractivity contribution is 5.85. The Kier molecular flexibility index (Phi) is 3.54. The van der Waals surface area contributed by atoms with Crippen LogP contribution in [0.1, 0.15) is 45.4 Å². The van der Waals surface area contributed by atoms with E-state index in [0.29, 0.717) is 5.54 Å². The summed E-state index contributed by atoms with van der Waals surface area (Å²) < 4.78 is 0. The molecule has 4 bridgehead atoms. The van der Waals surface area contributed by atoms with Crippen LogP contribution in [0.4, 0.5) is 0 Å².